The number of ether oxygens (including phenoxy) is 1. The average Bonchev–Trinajstić information content (AvgIpc) is 2.92. The molecule has 1 atom stereocenters. The van der Waals surface area contributed by atoms with Crippen LogP contribution in [0, 0.1) is 6.92 Å². The molecule has 0 amide bonds. The van der Waals surface area contributed by atoms with Crippen molar-refractivity contribution in [2.75, 3.05) is 6.61 Å². The van der Waals surface area contributed by atoms with Crippen molar-refractivity contribution in [2.24, 2.45) is 0 Å². The first kappa shape index (κ1) is 12.4. The van der Waals surface area contributed by atoms with Crippen LogP contribution in [0.3, 0.4) is 0 Å². The molecule has 2 aromatic rings. The lowest BCUT2D eigenvalue weighted by Gasteiger charge is -2.11. The smallest absolute Gasteiger partial charge is 0.166 e. The number of benzene rings is 2. The van der Waals surface area contributed by atoms with Gasteiger partial charge in [0.1, 0.15) is 0 Å². The molecule has 98 valence electrons. The summed E-state index contributed by atoms with van der Waals surface area (Å²) >= 11 is 0. The summed E-state index contributed by atoms with van der Waals surface area (Å²) < 4.78 is 5.56. The Bertz CT molecular complexity index is 610. The molecule has 1 aliphatic heterocycles. The summed E-state index contributed by atoms with van der Waals surface area (Å²) in [5.41, 5.74) is 2.04. The predicted octanol–water partition coefficient (Wildman–Crippen LogP) is 3.90. The summed E-state index contributed by atoms with van der Waals surface area (Å²) in [5, 5.41) is 2.23. The largest absolute Gasteiger partial charge is 0.378 e. The minimum absolute atomic E-state index is 0.118. The molecule has 0 saturated carbocycles. The van der Waals surface area contributed by atoms with Crippen LogP contribution in [0.1, 0.15) is 35.2 Å². The zero-order valence-corrected chi connectivity index (χ0v) is 11.2. The number of carbonyl (C=O) groups excluding carboxylic acids is 1. The normalized spacial score (nSPS) is 18.9. The molecule has 2 heteroatoms. The third-order valence-corrected chi connectivity index (χ3v) is 3.88. The molecule has 0 radical (unpaired) electrons. The summed E-state index contributed by atoms with van der Waals surface area (Å²) in [6, 6.07) is 12.1. The highest BCUT2D eigenvalue weighted by Crippen LogP contribution is 2.25. The zero-order valence-electron chi connectivity index (χ0n) is 11.2. The van der Waals surface area contributed by atoms with Gasteiger partial charge in [-0.3, -0.25) is 4.79 Å². The third-order valence-electron chi connectivity index (χ3n) is 3.88. The van der Waals surface area contributed by atoms with Gasteiger partial charge in [0.25, 0.3) is 0 Å². The van der Waals surface area contributed by atoms with E-state index in [1.165, 1.54) is 10.9 Å². The predicted molar refractivity (Wildman–Crippen MR) is 76.6 cm³/mol. The van der Waals surface area contributed by atoms with Gasteiger partial charge in [0.05, 0.1) is 6.10 Å². The lowest BCUT2D eigenvalue weighted by Crippen LogP contribution is -2.13. The van der Waals surface area contributed by atoms with Crippen LogP contribution in [0.25, 0.3) is 10.8 Å². The number of hydrogen-bond acceptors (Lipinski definition) is 2. The second kappa shape index (κ2) is 5.14. The number of aryl methyl sites for hydroxylation is 1. The standard InChI is InChI=1S/C17H18O2/c1-12-8-9-16(15-7-3-2-6-14(12)15)17(18)11-13-5-4-10-19-13/h2-3,6-9,13H,4-5,10-11H2,1H3. The molecule has 1 unspecified atom stereocenters. The van der Waals surface area contributed by atoms with Crippen molar-refractivity contribution in [3.8, 4) is 0 Å². The van der Waals surface area contributed by atoms with E-state index in [0.29, 0.717) is 6.42 Å². The van der Waals surface area contributed by atoms with Gasteiger partial charge in [-0.05, 0) is 36.1 Å². The molecule has 1 aliphatic rings. The van der Waals surface area contributed by atoms with Gasteiger partial charge in [0.2, 0.25) is 0 Å². The van der Waals surface area contributed by atoms with E-state index in [1.807, 2.05) is 30.3 Å². The fourth-order valence-corrected chi connectivity index (χ4v) is 2.81. The Kier molecular flexibility index (Phi) is 3.34. The zero-order chi connectivity index (χ0) is 13.2. The first-order valence-corrected chi connectivity index (χ1v) is 6.89. The molecule has 0 aromatic heterocycles. The summed E-state index contributed by atoms with van der Waals surface area (Å²) in [4.78, 5) is 12.4. The molecule has 1 saturated heterocycles. The minimum Gasteiger partial charge on any atom is -0.378 e. The molecule has 2 nitrogen and oxygen atoms in total. The van der Waals surface area contributed by atoms with Crippen LogP contribution in [0.15, 0.2) is 36.4 Å². The lowest BCUT2D eigenvalue weighted by atomic mass is 9.95. The van der Waals surface area contributed by atoms with E-state index in [2.05, 4.69) is 13.0 Å². The van der Waals surface area contributed by atoms with E-state index in [1.54, 1.807) is 0 Å². The van der Waals surface area contributed by atoms with Gasteiger partial charge in [-0.1, -0.05) is 36.4 Å². The summed E-state index contributed by atoms with van der Waals surface area (Å²) in [6.07, 6.45) is 2.71. The molecule has 0 N–H and O–H groups in total. The Morgan fingerprint density at radius 2 is 2.00 bits per heavy atom. The number of hydrogen-bond donors (Lipinski definition) is 0. The van der Waals surface area contributed by atoms with Crippen molar-refractivity contribution < 1.29 is 9.53 Å². The van der Waals surface area contributed by atoms with Crippen molar-refractivity contribution in [1.82, 2.24) is 0 Å². The fraction of sp³-hybridized carbons (Fsp3) is 0.353. The summed E-state index contributed by atoms with van der Waals surface area (Å²) in [6.45, 7) is 2.88. The first-order valence-electron chi connectivity index (χ1n) is 6.89. The van der Waals surface area contributed by atoms with E-state index < -0.39 is 0 Å². The van der Waals surface area contributed by atoms with E-state index in [-0.39, 0.29) is 11.9 Å². The van der Waals surface area contributed by atoms with Gasteiger partial charge in [0.15, 0.2) is 5.78 Å². The van der Waals surface area contributed by atoms with E-state index in [0.717, 1.165) is 30.4 Å². The molecule has 19 heavy (non-hydrogen) atoms. The van der Waals surface area contributed by atoms with Crippen LogP contribution in [0.5, 0.6) is 0 Å². The van der Waals surface area contributed by atoms with Crippen molar-refractivity contribution in [2.45, 2.75) is 32.3 Å². The Morgan fingerprint density at radius 1 is 1.21 bits per heavy atom. The number of rotatable bonds is 3. The van der Waals surface area contributed by atoms with Crippen LogP contribution >= 0.6 is 0 Å². The summed E-state index contributed by atoms with van der Waals surface area (Å²) in [7, 11) is 0. The highest BCUT2D eigenvalue weighted by molar-refractivity contribution is 6.09. The first-order chi connectivity index (χ1) is 9.25. The molecule has 0 aliphatic carbocycles. The van der Waals surface area contributed by atoms with Crippen molar-refractivity contribution in [1.29, 1.82) is 0 Å². The van der Waals surface area contributed by atoms with E-state index in [4.69, 9.17) is 4.74 Å². The highest BCUT2D eigenvalue weighted by atomic mass is 16.5. The maximum absolute atomic E-state index is 12.4. The Morgan fingerprint density at radius 3 is 2.74 bits per heavy atom. The van der Waals surface area contributed by atoms with Gasteiger partial charge in [-0.15, -0.1) is 0 Å². The molecule has 3 rings (SSSR count). The van der Waals surface area contributed by atoms with Crippen molar-refractivity contribution in [3.63, 3.8) is 0 Å². The van der Waals surface area contributed by atoms with Gasteiger partial charge in [-0.2, -0.15) is 0 Å². The van der Waals surface area contributed by atoms with Crippen LogP contribution in [0.2, 0.25) is 0 Å². The average molecular weight is 254 g/mol. The molecule has 0 spiro atoms. The minimum atomic E-state index is 0.118. The maximum Gasteiger partial charge on any atom is 0.166 e. The maximum atomic E-state index is 12.4. The van der Waals surface area contributed by atoms with E-state index in [9.17, 15) is 4.79 Å². The SMILES string of the molecule is Cc1ccc(C(=O)CC2CCCO2)c2ccccc12. The fourth-order valence-electron chi connectivity index (χ4n) is 2.81. The molecule has 1 heterocycles. The number of fused-ring (bicyclic) bond motifs is 1. The topological polar surface area (TPSA) is 26.3 Å². The monoisotopic (exact) mass is 254 g/mol. The third kappa shape index (κ3) is 2.41. The summed E-state index contributed by atoms with van der Waals surface area (Å²) in [5.74, 6) is 0.197. The van der Waals surface area contributed by atoms with Crippen LogP contribution in [-0.2, 0) is 4.74 Å². The van der Waals surface area contributed by atoms with Gasteiger partial charge >= 0.3 is 0 Å². The second-order valence-electron chi connectivity index (χ2n) is 5.24. The molecular formula is C17H18O2. The van der Waals surface area contributed by atoms with Crippen molar-refractivity contribution in [3.05, 3.63) is 47.5 Å². The molecule has 1 fully saturated rings. The van der Waals surface area contributed by atoms with Crippen LogP contribution in [0.4, 0.5) is 0 Å². The van der Waals surface area contributed by atoms with Crippen LogP contribution in [-0.4, -0.2) is 18.5 Å². The van der Waals surface area contributed by atoms with Crippen molar-refractivity contribution >= 4 is 16.6 Å². The number of ketones is 1. The quantitative estimate of drug-likeness (QED) is 0.776. The lowest BCUT2D eigenvalue weighted by molar-refractivity contribution is 0.0777. The Balaban J connectivity index is 1.95. The van der Waals surface area contributed by atoms with Gasteiger partial charge < -0.3 is 4.74 Å². The number of Topliss-reactive ketones (excluding diaryl/α,β-unsaturated/α-hetero) is 1. The molecule has 0 bridgehead atoms. The van der Waals surface area contributed by atoms with Crippen LogP contribution < -0.4 is 0 Å². The van der Waals surface area contributed by atoms with E-state index >= 15 is 0 Å². The Labute approximate surface area is 113 Å². The highest BCUT2D eigenvalue weighted by Gasteiger charge is 2.21. The Hall–Kier alpha value is -1.67. The molecular weight excluding hydrogens is 236 g/mol. The number of carbonyl (C=O) groups is 1. The van der Waals surface area contributed by atoms with Gasteiger partial charge in [0, 0.05) is 18.6 Å². The molecule has 2 aromatic carbocycles. The van der Waals surface area contributed by atoms with Gasteiger partial charge in [-0.25, -0.2) is 0 Å². The second-order valence-corrected chi connectivity index (χ2v) is 5.24.